The average Bonchev–Trinajstić information content (AvgIpc) is 2.52. The van der Waals surface area contributed by atoms with Crippen molar-refractivity contribution in [3.05, 3.63) is 0 Å². The first kappa shape index (κ1) is 22.9. The van der Waals surface area contributed by atoms with Crippen LogP contribution in [0.25, 0.3) is 0 Å². The Morgan fingerprint density at radius 3 is 2.48 bits per heavy atom. The highest BCUT2D eigenvalue weighted by atomic mass is 127. The van der Waals surface area contributed by atoms with E-state index in [0.29, 0.717) is 5.41 Å². The molecule has 0 unspecified atom stereocenters. The number of morpholine rings is 1. The van der Waals surface area contributed by atoms with Gasteiger partial charge in [0.2, 0.25) is 0 Å². The van der Waals surface area contributed by atoms with Crippen molar-refractivity contribution >= 4 is 29.9 Å². The fourth-order valence-corrected chi connectivity index (χ4v) is 2.64. The highest BCUT2D eigenvalue weighted by Crippen LogP contribution is 2.22. The zero-order chi connectivity index (χ0) is 16.3. The van der Waals surface area contributed by atoms with E-state index in [-0.39, 0.29) is 24.0 Å². The van der Waals surface area contributed by atoms with E-state index in [4.69, 9.17) is 4.74 Å². The van der Waals surface area contributed by atoms with Gasteiger partial charge in [0.25, 0.3) is 0 Å². The molecule has 0 aliphatic carbocycles. The fourth-order valence-electron chi connectivity index (χ4n) is 2.64. The minimum Gasteiger partial charge on any atom is -0.379 e. The third kappa shape index (κ3) is 11.2. The molecule has 0 aromatic heterocycles. The summed E-state index contributed by atoms with van der Waals surface area (Å²) in [7, 11) is 1.84. The van der Waals surface area contributed by atoms with Gasteiger partial charge in [0.1, 0.15) is 0 Å². The summed E-state index contributed by atoms with van der Waals surface area (Å²) < 4.78 is 5.37. The molecule has 138 valence electrons. The Balaban J connectivity index is 0.00000484. The molecule has 0 bridgehead atoms. The Morgan fingerprint density at radius 2 is 1.87 bits per heavy atom. The number of unbranched alkanes of at least 4 members (excludes halogenated alkanes) is 2. The summed E-state index contributed by atoms with van der Waals surface area (Å²) in [6.07, 6.45) is 5.19. The Hall–Kier alpha value is -0.0800. The lowest BCUT2D eigenvalue weighted by atomic mass is 9.87. The molecule has 1 aliphatic rings. The van der Waals surface area contributed by atoms with Gasteiger partial charge in [0.05, 0.1) is 13.2 Å². The quantitative estimate of drug-likeness (QED) is 0.251. The molecule has 2 N–H and O–H groups in total. The van der Waals surface area contributed by atoms with E-state index in [1.807, 2.05) is 7.05 Å². The molecule has 0 aromatic carbocycles. The van der Waals surface area contributed by atoms with E-state index in [2.05, 4.69) is 41.3 Å². The van der Waals surface area contributed by atoms with Gasteiger partial charge in [-0.3, -0.25) is 9.89 Å². The molecule has 6 heteroatoms. The molecule has 0 amide bonds. The van der Waals surface area contributed by atoms with Crippen molar-refractivity contribution in [2.75, 3.05) is 53.0 Å². The monoisotopic (exact) mass is 440 g/mol. The van der Waals surface area contributed by atoms with Crippen LogP contribution in [0.3, 0.4) is 0 Å². The van der Waals surface area contributed by atoms with Crippen LogP contribution in [0.1, 0.15) is 46.5 Å². The second-order valence-electron chi connectivity index (χ2n) is 6.93. The minimum absolute atomic E-state index is 0. The molecule has 0 saturated carbocycles. The first-order chi connectivity index (χ1) is 10.6. The van der Waals surface area contributed by atoms with Crippen LogP contribution in [0.4, 0.5) is 0 Å². The lowest BCUT2D eigenvalue weighted by molar-refractivity contribution is 0.0389. The maximum atomic E-state index is 5.37. The molecule has 0 radical (unpaired) electrons. The number of ether oxygens (including phenoxy) is 1. The summed E-state index contributed by atoms with van der Waals surface area (Å²) in [6, 6.07) is 0. The van der Waals surface area contributed by atoms with Crippen molar-refractivity contribution in [3.63, 3.8) is 0 Å². The molecular formula is C17H37IN4O. The van der Waals surface area contributed by atoms with Crippen LogP contribution in [0.5, 0.6) is 0 Å². The van der Waals surface area contributed by atoms with Gasteiger partial charge < -0.3 is 15.4 Å². The van der Waals surface area contributed by atoms with Crippen molar-refractivity contribution in [3.8, 4) is 0 Å². The summed E-state index contributed by atoms with van der Waals surface area (Å²) in [5.74, 6) is 0.914. The van der Waals surface area contributed by atoms with Crippen molar-refractivity contribution in [2.45, 2.75) is 46.5 Å². The highest BCUT2D eigenvalue weighted by molar-refractivity contribution is 14.0. The first-order valence-electron chi connectivity index (χ1n) is 8.82. The van der Waals surface area contributed by atoms with E-state index < -0.39 is 0 Å². The van der Waals surface area contributed by atoms with Gasteiger partial charge >= 0.3 is 0 Å². The van der Waals surface area contributed by atoms with Crippen LogP contribution in [-0.2, 0) is 4.74 Å². The van der Waals surface area contributed by atoms with Crippen molar-refractivity contribution < 1.29 is 4.74 Å². The summed E-state index contributed by atoms with van der Waals surface area (Å²) >= 11 is 0. The van der Waals surface area contributed by atoms with Crippen LogP contribution in [0.15, 0.2) is 4.99 Å². The first-order valence-corrected chi connectivity index (χ1v) is 8.82. The number of hydrogen-bond acceptors (Lipinski definition) is 3. The van der Waals surface area contributed by atoms with E-state index in [1.165, 1.54) is 25.7 Å². The zero-order valence-electron chi connectivity index (χ0n) is 15.5. The maximum Gasteiger partial charge on any atom is 0.191 e. The predicted octanol–water partition coefficient (Wildman–Crippen LogP) is 2.71. The zero-order valence-corrected chi connectivity index (χ0v) is 17.8. The molecule has 1 rings (SSSR count). The summed E-state index contributed by atoms with van der Waals surface area (Å²) in [4.78, 5) is 6.75. The molecule has 1 saturated heterocycles. The molecule has 1 aliphatic heterocycles. The van der Waals surface area contributed by atoms with Crippen LogP contribution >= 0.6 is 24.0 Å². The van der Waals surface area contributed by atoms with E-state index >= 15 is 0 Å². The number of aliphatic imine (C=N–C) groups is 1. The molecule has 0 aromatic rings. The van der Waals surface area contributed by atoms with Crippen molar-refractivity contribution in [2.24, 2.45) is 10.4 Å². The smallest absolute Gasteiger partial charge is 0.191 e. The number of nitrogens with zero attached hydrogens (tertiary/aromatic N) is 2. The Labute approximate surface area is 160 Å². The molecule has 0 spiro atoms. The summed E-state index contributed by atoms with van der Waals surface area (Å²) in [6.45, 7) is 13.7. The summed E-state index contributed by atoms with van der Waals surface area (Å²) in [5, 5.41) is 6.88. The Kier molecular flexibility index (Phi) is 13.2. The molecule has 23 heavy (non-hydrogen) atoms. The Bertz CT molecular complexity index is 318. The van der Waals surface area contributed by atoms with Gasteiger partial charge in [0, 0.05) is 39.8 Å². The predicted molar refractivity (Wildman–Crippen MR) is 110 cm³/mol. The minimum atomic E-state index is 0. The maximum absolute atomic E-state index is 5.37. The standard InChI is InChI=1S/C17H36N4O.HI/c1-5-6-7-8-17(2,3)15-20-16(18-4)19-9-10-21-11-13-22-14-12-21;/h5-15H2,1-4H3,(H2,18,19,20);1H. The van der Waals surface area contributed by atoms with Gasteiger partial charge in [-0.25, -0.2) is 0 Å². The van der Waals surface area contributed by atoms with Crippen LogP contribution in [0.2, 0.25) is 0 Å². The lowest BCUT2D eigenvalue weighted by Crippen LogP contribution is -2.46. The fraction of sp³-hybridized carbons (Fsp3) is 0.941. The third-order valence-electron chi connectivity index (χ3n) is 4.24. The highest BCUT2D eigenvalue weighted by Gasteiger charge is 2.17. The largest absolute Gasteiger partial charge is 0.379 e. The number of nitrogens with one attached hydrogen (secondary N) is 2. The van der Waals surface area contributed by atoms with E-state index in [1.54, 1.807) is 0 Å². The lowest BCUT2D eigenvalue weighted by Gasteiger charge is -2.28. The van der Waals surface area contributed by atoms with Gasteiger partial charge in [-0.05, 0) is 11.8 Å². The van der Waals surface area contributed by atoms with Gasteiger partial charge in [0.15, 0.2) is 5.96 Å². The van der Waals surface area contributed by atoms with Gasteiger partial charge in [-0.1, -0.05) is 40.0 Å². The van der Waals surface area contributed by atoms with Crippen LogP contribution in [0, 0.1) is 5.41 Å². The topological polar surface area (TPSA) is 48.9 Å². The second-order valence-corrected chi connectivity index (χ2v) is 6.93. The SMILES string of the molecule is CCCCCC(C)(C)CNC(=NC)NCCN1CCOCC1.I. The van der Waals surface area contributed by atoms with E-state index in [9.17, 15) is 0 Å². The number of halogens is 1. The molecule has 1 heterocycles. The van der Waals surface area contributed by atoms with Gasteiger partial charge in [-0.2, -0.15) is 0 Å². The molecular weight excluding hydrogens is 403 g/mol. The number of guanidine groups is 1. The number of rotatable bonds is 9. The van der Waals surface area contributed by atoms with Crippen molar-refractivity contribution in [1.29, 1.82) is 0 Å². The molecule has 5 nitrogen and oxygen atoms in total. The van der Waals surface area contributed by atoms with Crippen molar-refractivity contribution in [1.82, 2.24) is 15.5 Å². The van der Waals surface area contributed by atoms with E-state index in [0.717, 1.165) is 51.9 Å². The van der Waals surface area contributed by atoms with Crippen LogP contribution < -0.4 is 10.6 Å². The third-order valence-corrected chi connectivity index (χ3v) is 4.24. The normalized spacial score (nSPS) is 16.8. The van der Waals surface area contributed by atoms with Crippen LogP contribution in [-0.4, -0.2) is 63.8 Å². The van der Waals surface area contributed by atoms with Gasteiger partial charge in [-0.15, -0.1) is 24.0 Å². The average molecular weight is 440 g/mol. The molecule has 0 atom stereocenters. The number of hydrogen-bond donors (Lipinski definition) is 2. The summed E-state index contributed by atoms with van der Waals surface area (Å²) in [5.41, 5.74) is 0.316. The Morgan fingerprint density at radius 1 is 1.17 bits per heavy atom. The molecule has 1 fully saturated rings. The second kappa shape index (κ2) is 13.2.